The first-order chi connectivity index (χ1) is 15.4. The van der Waals surface area contributed by atoms with Crippen molar-refractivity contribution in [1.29, 1.82) is 0 Å². The normalized spacial score (nSPS) is 17.9. The lowest BCUT2D eigenvalue weighted by Gasteiger charge is -2.42. The Hall–Kier alpha value is -3.17. The average molecular weight is 444 g/mol. The Balaban J connectivity index is 0.000000427. The number of hydrogen-bond donors (Lipinski definition) is 2. The fourth-order valence-corrected chi connectivity index (χ4v) is 4.12. The smallest absolute Gasteiger partial charge is 0.414 e. The lowest BCUT2D eigenvalue weighted by atomic mass is 10.0. The van der Waals surface area contributed by atoms with E-state index in [0.717, 1.165) is 58.7 Å². The highest BCUT2D eigenvalue weighted by Gasteiger charge is 2.30. The molecule has 32 heavy (non-hydrogen) atoms. The summed E-state index contributed by atoms with van der Waals surface area (Å²) in [4.78, 5) is 37.7. The molecule has 0 radical (unpaired) electrons. The summed E-state index contributed by atoms with van der Waals surface area (Å²) in [6, 6.07) is 14.8. The fourth-order valence-electron chi connectivity index (χ4n) is 4.12. The maximum Gasteiger partial charge on any atom is 0.414 e. The number of piperazine rings is 1. The van der Waals surface area contributed by atoms with E-state index < -0.39 is 11.9 Å². The van der Waals surface area contributed by atoms with Gasteiger partial charge in [-0.3, -0.25) is 14.6 Å². The van der Waals surface area contributed by atoms with Crippen molar-refractivity contribution >= 4 is 17.8 Å². The van der Waals surface area contributed by atoms with Crippen LogP contribution >= 0.6 is 0 Å². The van der Waals surface area contributed by atoms with Crippen LogP contribution in [-0.4, -0.2) is 88.1 Å². The van der Waals surface area contributed by atoms with E-state index in [1.54, 1.807) is 18.4 Å². The zero-order chi connectivity index (χ0) is 22.9. The van der Waals surface area contributed by atoms with Gasteiger partial charge in [0.15, 0.2) is 5.76 Å². The van der Waals surface area contributed by atoms with Crippen LogP contribution in [0.2, 0.25) is 0 Å². The van der Waals surface area contributed by atoms with Crippen molar-refractivity contribution in [2.75, 3.05) is 39.3 Å². The van der Waals surface area contributed by atoms with Crippen LogP contribution in [0, 0.1) is 0 Å². The zero-order valence-electron chi connectivity index (χ0n) is 17.9. The molecular formula is C23H29N3O6. The van der Waals surface area contributed by atoms with Crippen LogP contribution in [0.15, 0.2) is 53.1 Å². The second kappa shape index (κ2) is 11.4. The number of rotatable bonds is 4. The molecule has 2 aromatic rings. The molecule has 0 spiro atoms. The molecule has 1 amide bonds. The quantitative estimate of drug-likeness (QED) is 0.689. The van der Waals surface area contributed by atoms with E-state index in [2.05, 4.69) is 40.1 Å². The first-order valence-corrected chi connectivity index (χ1v) is 10.7. The molecule has 2 fully saturated rings. The second-order valence-corrected chi connectivity index (χ2v) is 7.91. The molecule has 172 valence electrons. The molecule has 0 saturated carbocycles. The average Bonchev–Trinajstić information content (AvgIpc) is 3.35. The van der Waals surface area contributed by atoms with Crippen molar-refractivity contribution in [3.63, 3.8) is 0 Å². The SMILES string of the molecule is O=C(O)C(=O)O.O=C(c1ccco1)N1CCC(N2CCN(Cc3ccccc3)CC2)CC1. The van der Waals surface area contributed by atoms with E-state index in [9.17, 15) is 4.79 Å². The van der Waals surface area contributed by atoms with Gasteiger partial charge in [-0.25, -0.2) is 9.59 Å². The summed E-state index contributed by atoms with van der Waals surface area (Å²) in [6.07, 6.45) is 3.69. The highest BCUT2D eigenvalue weighted by atomic mass is 16.4. The van der Waals surface area contributed by atoms with Crippen molar-refractivity contribution in [2.24, 2.45) is 0 Å². The van der Waals surface area contributed by atoms with Gasteiger partial charge in [0, 0.05) is 51.9 Å². The van der Waals surface area contributed by atoms with Gasteiger partial charge in [0.05, 0.1) is 6.26 Å². The van der Waals surface area contributed by atoms with Crippen molar-refractivity contribution in [3.05, 3.63) is 60.1 Å². The summed E-state index contributed by atoms with van der Waals surface area (Å²) < 4.78 is 5.25. The molecule has 3 heterocycles. The molecule has 0 aliphatic carbocycles. The summed E-state index contributed by atoms with van der Waals surface area (Å²) in [5.74, 6) is -3.16. The van der Waals surface area contributed by atoms with Crippen LogP contribution < -0.4 is 0 Å². The van der Waals surface area contributed by atoms with Gasteiger partial charge in [-0.15, -0.1) is 0 Å². The Kier molecular flexibility index (Phi) is 8.41. The van der Waals surface area contributed by atoms with E-state index in [1.807, 2.05) is 4.90 Å². The minimum Gasteiger partial charge on any atom is -0.473 e. The molecule has 2 saturated heterocycles. The fraction of sp³-hybridized carbons (Fsp3) is 0.435. The number of hydrogen-bond acceptors (Lipinski definition) is 6. The van der Waals surface area contributed by atoms with E-state index in [1.165, 1.54) is 5.56 Å². The number of carbonyl (C=O) groups excluding carboxylic acids is 1. The topological polar surface area (TPSA) is 115 Å². The van der Waals surface area contributed by atoms with Gasteiger partial charge >= 0.3 is 11.9 Å². The standard InChI is InChI=1S/C21H27N3O2.C2H2O4/c25-21(20-7-4-16-26-20)24-10-8-19(9-11-24)23-14-12-22(13-15-23)17-18-5-2-1-3-6-18;3-1(4)2(5)6/h1-7,16,19H,8-15,17H2;(H,3,4)(H,5,6). The summed E-state index contributed by atoms with van der Waals surface area (Å²) >= 11 is 0. The number of nitrogens with zero attached hydrogens (tertiary/aromatic N) is 3. The second-order valence-electron chi connectivity index (χ2n) is 7.91. The predicted molar refractivity (Wildman–Crippen MR) is 116 cm³/mol. The first kappa shape index (κ1) is 23.5. The van der Waals surface area contributed by atoms with Gasteiger partial charge in [0.2, 0.25) is 0 Å². The molecule has 9 nitrogen and oxygen atoms in total. The molecule has 0 atom stereocenters. The van der Waals surface area contributed by atoms with Crippen LogP contribution in [0.5, 0.6) is 0 Å². The molecule has 0 bridgehead atoms. The molecule has 1 aromatic heterocycles. The van der Waals surface area contributed by atoms with Crippen molar-refractivity contribution < 1.29 is 29.0 Å². The number of piperidine rings is 1. The van der Waals surface area contributed by atoms with Crippen LogP contribution in [0.4, 0.5) is 0 Å². The lowest BCUT2D eigenvalue weighted by molar-refractivity contribution is -0.159. The number of carboxylic acid groups (broad SMARTS) is 2. The van der Waals surface area contributed by atoms with E-state index in [-0.39, 0.29) is 5.91 Å². The van der Waals surface area contributed by atoms with Crippen molar-refractivity contribution in [2.45, 2.75) is 25.4 Å². The molecule has 2 N–H and O–H groups in total. The van der Waals surface area contributed by atoms with Crippen molar-refractivity contribution in [3.8, 4) is 0 Å². The molecule has 1 aromatic carbocycles. The summed E-state index contributed by atoms with van der Waals surface area (Å²) in [5.41, 5.74) is 1.39. The number of likely N-dealkylation sites (tertiary alicyclic amines) is 1. The van der Waals surface area contributed by atoms with Gasteiger partial charge in [-0.1, -0.05) is 30.3 Å². The largest absolute Gasteiger partial charge is 0.473 e. The summed E-state index contributed by atoms with van der Waals surface area (Å²) in [5, 5.41) is 14.8. The minimum atomic E-state index is -1.82. The highest BCUT2D eigenvalue weighted by Crippen LogP contribution is 2.20. The number of aliphatic carboxylic acids is 2. The van der Waals surface area contributed by atoms with Gasteiger partial charge < -0.3 is 19.5 Å². The third-order valence-corrected chi connectivity index (χ3v) is 5.84. The Labute approximate surface area is 186 Å². The van der Waals surface area contributed by atoms with Gasteiger partial charge in [0.1, 0.15) is 0 Å². The van der Waals surface area contributed by atoms with E-state index >= 15 is 0 Å². The molecule has 9 heteroatoms. The highest BCUT2D eigenvalue weighted by molar-refractivity contribution is 6.27. The van der Waals surface area contributed by atoms with E-state index in [4.69, 9.17) is 24.2 Å². The predicted octanol–water partition coefficient (Wildman–Crippen LogP) is 1.86. The van der Waals surface area contributed by atoms with Crippen molar-refractivity contribution in [1.82, 2.24) is 14.7 Å². The summed E-state index contributed by atoms with van der Waals surface area (Å²) in [6.45, 7) is 7.21. The van der Waals surface area contributed by atoms with Crippen LogP contribution in [0.3, 0.4) is 0 Å². The number of carbonyl (C=O) groups is 3. The molecule has 4 rings (SSSR count). The molecule has 2 aliphatic rings. The molecular weight excluding hydrogens is 414 g/mol. The Morgan fingerprint density at radius 3 is 2.00 bits per heavy atom. The zero-order valence-corrected chi connectivity index (χ0v) is 17.9. The number of carboxylic acids is 2. The number of furan rings is 1. The number of benzene rings is 1. The van der Waals surface area contributed by atoms with Gasteiger partial charge in [0.25, 0.3) is 5.91 Å². The summed E-state index contributed by atoms with van der Waals surface area (Å²) in [7, 11) is 0. The number of amides is 1. The minimum absolute atomic E-state index is 0.0288. The lowest BCUT2D eigenvalue weighted by Crippen LogP contribution is -2.53. The van der Waals surface area contributed by atoms with Gasteiger partial charge in [-0.05, 0) is 30.5 Å². The maximum atomic E-state index is 12.4. The Morgan fingerprint density at radius 1 is 0.844 bits per heavy atom. The maximum absolute atomic E-state index is 12.4. The van der Waals surface area contributed by atoms with Crippen LogP contribution in [0.25, 0.3) is 0 Å². The third-order valence-electron chi connectivity index (χ3n) is 5.84. The Bertz CT molecular complexity index is 858. The van der Waals surface area contributed by atoms with E-state index in [0.29, 0.717) is 11.8 Å². The molecule has 0 unspecified atom stereocenters. The monoisotopic (exact) mass is 443 g/mol. The van der Waals surface area contributed by atoms with Gasteiger partial charge in [-0.2, -0.15) is 0 Å². The van der Waals surface area contributed by atoms with Crippen LogP contribution in [0.1, 0.15) is 29.0 Å². The molecule has 2 aliphatic heterocycles. The Morgan fingerprint density at radius 2 is 1.47 bits per heavy atom. The third kappa shape index (κ3) is 6.66. The first-order valence-electron chi connectivity index (χ1n) is 10.7. The van der Waals surface area contributed by atoms with Crippen LogP contribution in [-0.2, 0) is 16.1 Å².